The summed E-state index contributed by atoms with van der Waals surface area (Å²) >= 11 is 0. The van der Waals surface area contributed by atoms with E-state index in [0.717, 1.165) is 16.9 Å². The second-order valence-corrected chi connectivity index (χ2v) is 4.79. The lowest BCUT2D eigenvalue weighted by Crippen LogP contribution is -2.08. The Balaban J connectivity index is 2.20. The SMILES string of the molecule is COc1ccc([C@@H](C)N)c(OCc2cccc(C#N)c2)c1. The summed E-state index contributed by atoms with van der Waals surface area (Å²) in [6.07, 6.45) is 0. The van der Waals surface area contributed by atoms with Gasteiger partial charge < -0.3 is 15.2 Å². The van der Waals surface area contributed by atoms with Gasteiger partial charge in [0, 0.05) is 17.7 Å². The van der Waals surface area contributed by atoms with Crippen LogP contribution >= 0.6 is 0 Å². The van der Waals surface area contributed by atoms with Crippen molar-refractivity contribution >= 4 is 0 Å². The van der Waals surface area contributed by atoms with Gasteiger partial charge in [-0.3, -0.25) is 0 Å². The molecule has 2 aromatic carbocycles. The molecule has 0 aliphatic heterocycles. The zero-order valence-electron chi connectivity index (χ0n) is 12.2. The molecule has 0 saturated carbocycles. The van der Waals surface area contributed by atoms with Crippen molar-refractivity contribution in [1.82, 2.24) is 0 Å². The molecule has 0 spiro atoms. The number of methoxy groups -OCH3 is 1. The van der Waals surface area contributed by atoms with E-state index in [4.69, 9.17) is 20.5 Å². The molecule has 2 aromatic rings. The normalized spacial score (nSPS) is 11.5. The lowest BCUT2D eigenvalue weighted by Gasteiger charge is -2.15. The van der Waals surface area contributed by atoms with Crippen molar-refractivity contribution in [3.05, 3.63) is 59.2 Å². The van der Waals surface area contributed by atoms with Gasteiger partial charge in [0.1, 0.15) is 18.1 Å². The number of nitriles is 1. The lowest BCUT2D eigenvalue weighted by atomic mass is 10.1. The second kappa shape index (κ2) is 6.78. The van der Waals surface area contributed by atoms with E-state index in [2.05, 4.69) is 6.07 Å². The van der Waals surface area contributed by atoms with E-state index >= 15 is 0 Å². The summed E-state index contributed by atoms with van der Waals surface area (Å²) < 4.78 is 11.1. The van der Waals surface area contributed by atoms with Gasteiger partial charge in [0.25, 0.3) is 0 Å². The van der Waals surface area contributed by atoms with Crippen LogP contribution in [0.1, 0.15) is 29.7 Å². The van der Waals surface area contributed by atoms with Crippen molar-refractivity contribution < 1.29 is 9.47 Å². The summed E-state index contributed by atoms with van der Waals surface area (Å²) in [5.74, 6) is 1.42. The Hall–Kier alpha value is -2.51. The molecule has 108 valence electrons. The Morgan fingerprint density at radius 3 is 2.71 bits per heavy atom. The second-order valence-electron chi connectivity index (χ2n) is 4.79. The van der Waals surface area contributed by atoms with Gasteiger partial charge in [-0.2, -0.15) is 5.26 Å². The maximum absolute atomic E-state index is 8.91. The molecule has 2 rings (SSSR count). The fourth-order valence-corrected chi connectivity index (χ4v) is 2.03. The molecule has 0 saturated heterocycles. The van der Waals surface area contributed by atoms with Gasteiger partial charge in [0.2, 0.25) is 0 Å². The molecule has 4 nitrogen and oxygen atoms in total. The molecular formula is C17H18N2O2. The minimum Gasteiger partial charge on any atom is -0.497 e. The van der Waals surface area contributed by atoms with Crippen molar-refractivity contribution in [1.29, 1.82) is 5.26 Å². The first-order chi connectivity index (χ1) is 10.1. The third kappa shape index (κ3) is 3.74. The number of rotatable bonds is 5. The molecule has 4 heteroatoms. The first-order valence-electron chi connectivity index (χ1n) is 6.69. The molecule has 0 aliphatic carbocycles. The smallest absolute Gasteiger partial charge is 0.128 e. The summed E-state index contributed by atoms with van der Waals surface area (Å²) in [7, 11) is 1.61. The molecule has 0 bridgehead atoms. The predicted octanol–water partition coefficient (Wildman–Crippen LogP) is 3.17. The van der Waals surface area contributed by atoms with Gasteiger partial charge in [-0.25, -0.2) is 0 Å². The highest BCUT2D eigenvalue weighted by atomic mass is 16.5. The van der Waals surface area contributed by atoms with E-state index in [-0.39, 0.29) is 6.04 Å². The highest BCUT2D eigenvalue weighted by molar-refractivity contribution is 5.42. The van der Waals surface area contributed by atoms with Crippen LogP contribution in [0.3, 0.4) is 0 Å². The Bertz CT molecular complexity index is 660. The molecule has 21 heavy (non-hydrogen) atoms. The van der Waals surface area contributed by atoms with Crippen molar-refractivity contribution in [3.63, 3.8) is 0 Å². The first-order valence-corrected chi connectivity index (χ1v) is 6.69. The van der Waals surface area contributed by atoms with Crippen LogP contribution in [0.4, 0.5) is 0 Å². The third-order valence-corrected chi connectivity index (χ3v) is 3.16. The minimum absolute atomic E-state index is 0.128. The quantitative estimate of drug-likeness (QED) is 0.914. The molecule has 0 heterocycles. The van der Waals surface area contributed by atoms with Crippen LogP contribution in [-0.2, 0) is 6.61 Å². The molecule has 0 amide bonds. The number of ether oxygens (including phenoxy) is 2. The largest absolute Gasteiger partial charge is 0.497 e. The maximum Gasteiger partial charge on any atom is 0.128 e. The molecular weight excluding hydrogens is 264 g/mol. The van der Waals surface area contributed by atoms with Crippen molar-refractivity contribution in [2.45, 2.75) is 19.6 Å². The minimum atomic E-state index is -0.128. The Morgan fingerprint density at radius 1 is 1.24 bits per heavy atom. The average molecular weight is 282 g/mol. The van der Waals surface area contributed by atoms with E-state index in [9.17, 15) is 0 Å². The fraction of sp³-hybridized carbons (Fsp3) is 0.235. The summed E-state index contributed by atoms with van der Waals surface area (Å²) in [5.41, 5.74) is 8.44. The fourth-order valence-electron chi connectivity index (χ4n) is 2.03. The van der Waals surface area contributed by atoms with Crippen LogP contribution in [0.25, 0.3) is 0 Å². The van der Waals surface area contributed by atoms with Gasteiger partial charge in [0.15, 0.2) is 0 Å². The number of benzene rings is 2. The van der Waals surface area contributed by atoms with E-state index in [1.165, 1.54) is 0 Å². The van der Waals surface area contributed by atoms with Gasteiger partial charge in [-0.1, -0.05) is 18.2 Å². The van der Waals surface area contributed by atoms with E-state index in [0.29, 0.717) is 17.9 Å². The van der Waals surface area contributed by atoms with Crippen LogP contribution < -0.4 is 15.2 Å². The van der Waals surface area contributed by atoms with Gasteiger partial charge in [-0.05, 0) is 30.7 Å². The Kier molecular flexibility index (Phi) is 4.81. The summed E-state index contributed by atoms with van der Waals surface area (Å²) in [6, 6.07) is 14.9. The van der Waals surface area contributed by atoms with Crippen LogP contribution in [0.15, 0.2) is 42.5 Å². The Morgan fingerprint density at radius 2 is 2.05 bits per heavy atom. The summed E-state index contributed by atoms with van der Waals surface area (Å²) in [5, 5.41) is 8.91. The molecule has 0 radical (unpaired) electrons. The zero-order chi connectivity index (χ0) is 15.2. The standard InChI is InChI=1S/C17H18N2O2/c1-12(19)16-7-6-15(20-2)9-17(16)21-11-14-5-3-4-13(8-14)10-18/h3-9,12H,11,19H2,1-2H3/t12-/m1/s1. The monoisotopic (exact) mass is 282 g/mol. The first kappa shape index (κ1) is 14.9. The topological polar surface area (TPSA) is 68.3 Å². The maximum atomic E-state index is 8.91. The highest BCUT2D eigenvalue weighted by Gasteiger charge is 2.10. The Labute approximate surface area is 124 Å². The van der Waals surface area contributed by atoms with Crippen LogP contribution in [-0.4, -0.2) is 7.11 Å². The average Bonchev–Trinajstić information content (AvgIpc) is 2.52. The number of nitrogens with two attached hydrogens (primary N) is 1. The molecule has 1 atom stereocenters. The number of hydrogen-bond acceptors (Lipinski definition) is 4. The number of hydrogen-bond donors (Lipinski definition) is 1. The van der Waals surface area contributed by atoms with E-state index < -0.39 is 0 Å². The molecule has 0 fully saturated rings. The highest BCUT2D eigenvalue weighted by Crippen LogP contribution is 2.29. The summed E-state index contributed by atoms with van der Waals surface area (Å²) in [6.45, 7) is 2.29. The molecule has 0 aliphatic rings. The van der Waals surface area contributed by atoms with Crippen molar-refractivity contribution in [2.24, 2.45) is 5.73 Å². The van der Waals surface area contributed by atoms with Crippen molar-refractivity contribution in [2.75, 3.05) is 7.11 Å². The van der Waals surface area contributed by atoms with Crippen LogP contribution in [0.2, 0.25) is 0 Å². The predicted molar refractivity (Wildman–Crippen MR) is 81.1 cm³/mol. The van der Waals surface area contributed by atoms with Crippen LogP contribution in [0.5, 0.6) is 11.5 Å². The van der Waals surface area contributed by atoms with Gasteiger partial charge in [-0.15, -0.1) is 0 Å². The molecule has 0 unspecified atom stereocenters. The summed E-state index contributed by atoms with van der Waals surface area (Å²) in [4.78, 5) is 0. The van der Waals surface area contributed by atoms with Crippen LogP contribution in [0, 0.1) is 11.3 Å². The van der Waals surface area contributed by atoms with Gasteiger partial charge in [0.05, 0.1) is 18.7 Å². The molecule has 2 N–H and O–H groups in total. The lowest BCUT2D eigenvalue weighted by molar-refractivity contribution is 0.299. The van der Waals surface area contributed by atoms with E-state index in [1.807, 2.05) is 43.3 Å². The van der Waals surface area contributed by atoms with Gasteiger partial charge >= 0.3 is 0 Å². The third-order valence-electron chi connectivity index (χ3n) is 3.16. The molecule has 0 aromatic heterocycles. The van der Waals surface area contributed by atoms with E-state index in [1.54, 1.807) is 13.2 Å². The van der Waals surface area contributed by atoms with Crippen molar-refractivity contribution in [3.8, 4) is 17.6 Å². The zero-order valence-corrected chi connectivity index (χ0v) is 12.2. The number of nitrogens with zero attached hydrogens (tertiary/aromatic N) is 1.